The third kappa shape index (κ3) is 8.43. The molecule has 0 heterocycles. The van der Waals surface area contributed by atoms with Crippen LogP contribution < -0.4 is 14.8 Å². The normalized spacial score (nSPS) is 17.7. The number of hydrogen-bond donors (Lipinski definition) is 2. The Hall–Kier alpha value is -2.64. The Morgan fingerprint density at radius 1 is 1.05 bits per heavy atom. The van der Waals surface area contributed by atoms with Crippen molar-refractivity contribution in [2.24, 2.45) is 11.8 Å². The predicted molar refractivity (Wildman–Crippen MR) is 148 cm³/mol. The molecule has 2 N–H and O–H groups in total. The summed E-state index contributed by atoms with van der Waals surface area (Å²) in [6.45, 7) is 6.20. The Labute approximate surface area is 226 Å². The van der Waals surface area contributed by atoms with Crippen LogP contribution in [0.5, 0.6) is 11.5 Å². The average molecular weight is 530 g/mol. The Bertz CT molecular complexity index is 1030. The van der Waals surface area contributed by atoms with Gasteiger partial charge in [-0.15, -0.1) is 0 Å². The minimum Gasteiger partial charge on any atom is -0.493 e. The first kappa shape index (κ1) is 29.9. The fourth-order valence-electron chi connectivity index (χ4n) is 5.65. The largest absolute Gasteiger partial charge is 0.493 e. The molecule has 0 bridgehead atoms. The summed E-state index contributed by atoms with van der Waals surface area (Å²) in [5, 5.41) is 13.1. The number of methoxy groups -OCH3 is 2. The molecule has 3 atom stereocenters. The minimum absolute atomic E-state index is 0.197. The maximum atomic E-state index is 13.7. The van der Waals surface area contributed by atoms with E-state index < -0.39 is 12.1 Å². The molecule has 1 aliphatic rings. The van der Waals surface area contributed by atoms with E-state index in [0.717, 1.165) is 62.1 Å². The van der Waals surface area contributed by atoms with Crippen LogP contribution in [0.3, 0.4) is 0 Å². The molecule has 38 heavy (non-hydrogen) atoms. The number of nitrogens with one attached hydrogen (secondary N) is 1. The molecular weight excluding hydrogens is 485 g/mol. The molecule has 0 fully saturated rings. The predicted octanol–water partition coefficient (Wildman–Crippen LogP) is 6.01. The van der Waals surface area contributed by atoms with Crippen LogP contribution in [0.4, 0.5) is 4.39 Å². The van der Waals surface area contributed by atoms with Crippen LogP contribution in [0.2, 0.25) is 0 Å². The zero-order chi connectivity index (χ0) is 27.5. The lowest BCUT2D eigenvalue weighted by atomic mass is 9.70. The van der Waals surface area contributed by atoms with E-state index in [-0.39, 0.29) is 17.7 Å². The molecule has 210 valence electrons. The number of aliphatic carboxylic acids is 1. The van der Waals surface area contributed by atoms with E-state index >= 15 is 0 Å². The van der Waals surface area contributed by atoms with Gasteiger partial charge in [-0.05, 0) is 110 Å². The Morgan fingerprint density at radius 2 is 1.84 bits per heavy atom. The number of carbonyl (C=O) groups is 1. The average Bonchev–Trinajstić information content (AvgIpc) is 2.90. The van der Waals surface area contributed by atoms with E-state index in [0.29, 0.717) is 25.5 Å². The molecule has 0 amide bonds. The van der Waals surface area contributed by atoms with E-state index in [1.165, 1.54) is 17.2 Å². The first-order valence-corrected chi connectivity index (χ1v) is 13.9. The van der Waals surface area contributed by atoms with E-state index in [4.69, 9.17) is 14.2 Å². The van der Waals surface area contributed by atoms with Crippen molar-refractivity contribution in [3.8, 4) is 11.5 Å². The maximum absolute atomic E-state index is 13.7. The summed E-state index contributed by atoms with van der Waals surface area (Å²) in [7, 11) is 3.28. The molecule has 1 unspecified atom stereocenters. The van der Waals surface area contributed by atoms with Gasteiger partial charge in [0.1, 0.15) is 5.82 Å². The van der Waals surface area contributed by atoms with Crippen LogP contribution in [0.25, 0.3) is 0 Å². The number of rotatable bonds is 16. The molecule has 0 aromatic heterocycles. The second-order valence-corrected chi connectivity index (χ2v) is 10.6. The number of hydrogen-bond acceptors (Lipinski definition) is 5. The highest BCUT2D eigenvalue weighted by atomic mass is 19.1. The first-order chi connectivity index (χ1) is 18.3. The van der Waals surface area contributed by atoms with E-state index in [1.54, 1.807) is 20.3 Å². The number of benzene rings is 2. The molecule has 0 saturated carbocycles. The number of carboxylic acid groups (broad SMARTS) is 1. The molecule has 0 saturated heterocycles. The van der Waals surface area contributed by atoms with Crippen molar-refractivity contribution >= 4 is 5.97 Å². The van der Waals surface area contributed by atoms with Crippen molar-refractivity contribution in [1.82, 2.24) is 5.32 Å². The molecule has 1 aliphatic carbocycles. The molecule has 6 nitrogen and oxygen atoms in total. The van der Waals surface area contributed by atoms with Crippen molar-refractivity contribution in [1.29, 1.82) is 0 Å². The number of fused-ring (bicyclic) bond motifs is 1. The van der Waals surface area contributed by atoms with Crippen LogP contribution in [0, 0.1) is 17.7 Å². The molecule has 0 spiro atoms. The van der Waals surface area contributed by atoms with Crippen molar-refractivity contribution in [3.63, 3.8) is 0 Å². The number of halogens is 1. The van der Waals surface area contributed by atoms with Gasteiger partial charge in [-0.25, -0.2) is 9.18 Å². The number of unbranched alkanes of at least 4 members (excludes halogenated alkanes) is 2. The van der Waals surface area contributed by atoms with Gasteiger partial charge in [0.25, 0.3) is 0 Å². The fourth-order valence-corrected chi connectivity index (χ4v) is 5.65. The lowest BCUT2D eigenvalue weighted by Crippen LogP contribution is -2.34. The van der Waals surface area contributed by atoms with Crippen molar-refractivity contribution in [3.05, 3.63) is 58.9 Å². The number of ether oxygens (including phenoxy) is 3. The van der Waals surface area contributed by atoms with Crippen molar-refractivity contribution < 1.29 is 28.5 Å². The molecule has 0 radical (unpaired) electrons. The van der Waals surface area contributed by atoms with Gasteiger partial charge >= 0.3 is 5.97 Å². The van der Waals surface area contributed by atoms with Crippen LogP contribution >= 0.6 is 0 Å². The summed E-state index contributed by atoms with van der Waals surface area (Å²) >= 11 is 0. The fraction of sp³-hybridized carbons (Fsp3) is 0.581. The van der Waals surface area contributed by atoms with Gasteiger partial charge in [0.15, 0.2) is 17.6 Å². The quantitative estimate of drug-likeness (QED) is 0.260. The topological polar surface area (TPSA) is 77.0 Å². The second-order valence-electron chi connectivity index (χ2n) is 10.6. The lowest BCUT2D eigenvalue weighted by Gasteiger charge is -2.36. The maximum Gasteiger partial charge on any atom is 0.332 e. The van der Waals surface area contributed by atoms with Gasteiger partial charge in [0.05, 0.1) is 20.8 Å². The third-order valence-corrected chi connectivity index (χ3v) is 7.61. The summed E-state index contributed by atoms with van der Waals surface area (Å²) in [6.07, 6.45) is 5.47. The Kier molecular flexibility index (Phi) is 11.9. The highest BCUT2D eigenvalue weighted by Crippen LogP contribution is 2.41. The molecular formula is C31H44FNO5. The zero-order valence-electron chi connectivity index (χ0n) is 23.3. The Morgan fingerprint density at radius 3 is 2.55 bits per heavy atom. The summed E-state index contributed by atoms with van der Waals surface area (Å²) in [5.74, 6) is 1.22. The van der Waals surface area contributed by atoms with Gasteiger partial charge in [-0.1, -0.05) is 32.4 Å². The molecule has 3 rings (SSSR count). The van der Waals surface area contributed by atoms with Gasteiger partial charge in [0, 0.05) is 0 Å². The molecule has 7 heteroatoms. The van der Waals surface area contributed by atoms with Crippen molar-refractivity contribution in [2.45, 2.75) is 70.8 Å². The van der Waals surface area contributed by atoms with Crippen LogP contribution in [-0.2, 0) is 22.4 Å². The van der Waals surface area contributed by atoms with E-state index in [9.17, 15) is 14.3 Å². The highest BCUT2D eigenvalue weighted by molar-refractivity contribution is 5.72. The summed E-state index contributed by atoms with van der Waals surface area (Å²) < 4.78 is 30.3. The van der Waals surface area contributed by atoms with Gasteiger partial charge in [-0.2, -0.15) is 0 Å². The van der Waals surface area contributed by atoms with Crippen LogP contribution in [0.1, 0.15) is 68.6 Å². The zero-order valence-corrected chi connectivity index (χ0v) is 23.3. The minimum atomic E-state index is -0.916. The summed E-state index contributed by atoms with van der Waals surface area (Å²) in [6, 6.07) is 11.1. The van der Waals surface area contributed by atoms with Crippen molar-refractivity contribution in [2.75, 3.05) is 33.9 Å². The Balaban J connectivity index is 1.36. The standard InChI is InChI=1S/C31H44FNO5/c1-21(2)30-24(11-10-23-19-25(32)12-13-26(23)30)20-38-28(31(34)35)15-17-33-16-7-5-6-8-22-9-14-27(36-3)29(18-22)37-4/h9,12-14,18-19,21,24,28,30,33H,5-8,10-11,15-17,20H2,1-4H3,(H,34,35)/t24?,28-,30-/m1/s1. The van der Waals surface area contributed by atoms with E-state index in [2.05, 4.69) is 25.2 Å². The highest BCUT2D eigenvalue weighted by Gasteiger charge is 2.33. The SMILES string of the molecule is COc1ccc(CCCCCNCC[C@@H](OCC2CCc3cc(F)ccc3[C@@H]2C(C)C)C(=O)O)cc1OC. The van der Waals surface area contributed by atoms with E-state index in [1.807, 2.05) is 18.2 Å². The first-order valence-electron chi connectivity index (χ1n) is 13.9. The summed E-state index contributed by atoms with van der Waals surface area (Å²) in [4.78, 5) is 11.8. The van der Waals surface area contributed by atoms with Crippen LogP contribution in [0.15, 0.2) is 36.4 Å². The number of aryl methyl sites for hydroxylation is 2. The van der Waals surface area contributed by atoms with Gasteiger partial charge < -0.3 is 24.6 Å². The second kappa shape index (κ2) is 15.1. The monoisotopic (exact) mass is 529 g/mol. The smallest absolute Gasteiger partial charge is 0.332 e. The molecule has 0 aliphatic heterocycles. The van der Waals surface area contributed by atoms with Crippen LogP contribution in [-0.4, -0.2) is 51.1 Å². The molecule has 2 aromatic carbocycles. The van der Waals surface area contributed by atoms with Gasteiger partial charge in [-0.3, -0.25) is 0 Å². The third-order valence-electron chi connectivity index (χ3n) is 7.61. The summed E-state index contributed by atoms with van der Waals surface area (Å²) in [5.41, 5.74) is 3.48. The van der Waals surface area contributed by atoms with Gasteiger partial charge in [0.2, 0.25) is 0 Å². The molecule has 2 aromatic rings. The lowest BCUT2D eigenvalue weighted by molar-refractivity contribution is -0.152. The number of carboxylic acids is 1.